The molecular weight excluding hydrogens is 188 g/mol. The van der Waals surface area contributed by atoms with Crippen molar-refractivity contribution in [1.82, 2.24) is 0 Å². The van der Waals surface area contributed by atoms with Gasteiger partial charge in [-0.2, -0.15) is 0 Å². The van der Waals surface area contributed by atoms with Crippen molar-refractivity contribution in [2.24, 2.45) is 5.92 Å². The fourth-order valence-electron chi connectivity index (χ4n) is 2.58. The molecule has 0 aromatic carbocycles. The molecule has 2 aliphatic rings. The van der Waals surface area contributed by atoms with Crippen LogP contribution < -0.4 is 0 Å². The summed E-state index contributed by atoms with van der Waals surface area (Å²) in [6, 6.07) is 0. The maximum Gasteiger partial charge on any atom is 0.0808 e. The molecule has 1 saturated heterocycles. The number of rotatable bonds is 3. The van der Waals surface area contributed by atoms with Gasteiger partial charge in [0.1, 0.15) is 0 Å². The number of ether oxygens (including phenoxy) is 2. The minimum Gasteiger partial charge on any atom is -0.376 e. The normalized spacial score (nSPS) is 37.8. The standard InChI is InChI=1S/C13H24O2/c1-11-5-7-12(8-6-11)15-10-13-4-2-3-9-14-13/h11-13H,2-10H2,1H3/t11-,12-,13?. The zero-order valence-corrected chi connectivity index (χ0v) is 9.91. The Morgan fingerprint density at radius 3 is 2.53 bits per heavy atom. The summed E-state index contributed by atoms with van der Waals surface area (Å²) in [6.07, 6.45) is 9.86. The van der Waals surface area contributed by atoms with Crippen LogP contribution in [0.5, 0.6) is 0 Å². The van der Waals surface area contributed by atoms with E-state index < -0.39 is 0 Å². The molecule has 2 nitrogen and oxygen atoms in total. The van der Waals surface area contributed by atoms with Crippen LogP contribution in [0.3, 0.4) is 0 Å². The fourth-order valence-corrected chi connectivity index (χ4v) is 2.58. The molecule has 1 atom stereocenters. The second kappa shape index (κ2) is 5.86. The van der Waals surface area contributed by atoms with Gasteiger partial charge in [0.2, 0.25) is 0 Å². The van der Waals surface area contributed by atoms with Crippen molar-refractivity contribution < 1.29 is 9.47 Å². The number of hydrogen-bond acceptors (Lipinski definition) is 2. The highest BCUT2D eigenvalue weighted by atomic mass is 16.5. The van der Waals surface area contributed by atoms with E-state index in [2.05, 4.69) is 6.92 Å². The summed E-state index contributed by atoms with van der Waals surface area (Å²) >= 11 is 0. The van der Waals surface area contributed by atoms with E-state index in [1.165, 1.54) is 44.9 Å². The van der Waals surface area contributed by atoms with Crippen molar-refractivity contribution in [3.63, 3.8) is 0 Å². The summed E-state index contributed by atoms with van der Waals surface area (Å²) in [7, 11) is 0. The van der Waals surface area contributed by atoms with E-state index in [1.807, 2.05) is 0 Å². The number of hydrogen-bond donors (Lipinski definition) is 0. The van der Waals surface area contributed by atoms with Gasteiger partial charge in [-0.15, -0.1) is 0 Å². The third-order valence-corrected chi connectivity index (χ3v) is 3.75. The molecule has 0 radical (unpaired) electrons. The maximum atomic E-state index is 5.95. The Balaban J connectivity index is 1.60. The summed E-state index contributed by atoms with van der Waals surface area (Å²) in [5.74, 6) is 0.913. The zero-order chi connectivity index (χ0) is 10.5. The molecule has 88 valence electrons. The van der Waals surface area contributed by atoms with E-state index in [0.29, 0.717) is 12.2 Å². The zero-order valence-electron chi connectivity index (χ0n) is 9.91. The first-order valence-electron chi connectivity index (χ1n) is 6.58. The van der Waals surface area contributed by atoms with Gasteiger partial charge in [0.05, 0.1) is 18.8 Å². The van der Waals surface area contributed by atoms with Gasteiger partial charge in [0, 0.05) is 6.61 Å². The Labute approximate surface area is 93.3 Å². The molecule has 2 heteroatoms. The predicted molar refractivity (Wildman–Crippen MR) is 61.0 cm³/mol. The van der Waals surface area contributed by atoms with Crippen LogP contribution in [0.15, 0.2) is 0 Å². The lowest BCUT2D eigenvalue weighted by Gasteiger charge is -2.29. The minimum absolute atomic E-state index is 0.387. The molecule has 1 aliphatic heterocycles. The van der Waals surface area contributed by atoms with Crippen LogP contribution in [-0.2, 0) is 9.47 Å². The molecule has 0 N–H and O–H groups in total. The Kier molecular flexibility index (Phi) is 4.45. The topological polar surface area (TPSA) is 18.5 Å². The highest BCUT2D eigenvalue weighted by Crippen LogP contribution is 2.26. The SMILES string of the molecule is C[C@H]1CC[C@H](OCC2CCCCO2)CC1. The van der Waals surface area contributed by atoms with Crippen LogP contribution in [-0.4, -0.2) is 25.4 Å². The van der Waals surface area contributed by atoms with Crippen molar-refractivity contribution >= 4 is 0 Å². The van der Waals surface area contributed by atoms with Gasteiger partial charge in [-0.1, -0.05) is 6.92 Å². The lowest BCUT2D eigenvalue weighted by atomic mass is 9.89. The predicted octanol–water partition coefficient (Wildman–Crippen LogP) is 3.15. The molecule has 0 aromatic heterocycles. The molecule has 0 aromatic rings. The van der Waals surface area contributed by atoms with Crippen molar-refractivity contribution in [2.45, 2.75) is 64.1 Å². The fraction of sp³-hybridized carbons (Fsp3) is 1.00. The van der Waals surface area contributed by atoms with Crippen LogP contribution in [0, 0.1) is 5.92 Å². The van der Waals surface area contributed by atoms with Crippen molar-refractivity contribution in [3.05, 3.63) is 0 Å². The molecule has 1 unspecified atom stereocenters. The van der Waals surface area contributed by atoms with E-state index in [1.54, 1.807) is 0 Å². The average Bonchev–Trinajstić information content (AvgIpc) is 2.30. The monoisotopic (exact) mass is 212 g/mol. The quantitative estimate of drug-likeness (QED) is 0.715. The third kappa shape index (κ3) is 3.76. The molecule has 1 heterocycles. The second-order valence-corrected chi connectivity index (χ2v) is 5.20. The molecule has 0 bridgehead atoms. The van der Waals surface area contributed by atoms with E-state index >= 15 is 0 Å². The van der Waals surface area contributed by atoms with Crippen LogP contribution in [0.25, 0.3) is 0 Å². The lowest BCUT2D eigenvalue weighted by molar-refractivity contribution is -0.0721. The Hall–Kier alpha value is -0.0800. The van der Waals surface area contributed by atoms with Crippen LogP contribution in [0.2, 0.25) is 0 Å². The first kappa shape index (κ1) is 11.4. The molecule has 0 amide bonds. The first-order valence-corrected chi connectivity index (χ1v) is 6.58. The van der Waals surface area contributed by atoms with Gasteiger partial charge in [-0.05, 0) is 50.9 Å². The van der Waals surface area contributed by atoms with Crippen molar-refractivity contribution in [3.8, 4) is 0 Å². The summed E-state index contributed by atoms with van der Waals surface area (Å²) in [5, 5.41) is 0. The highest BCUT2D eigenvalue weighted by Gasteiger charge is 2.21. The van der Waals surface area contributed by atoms with Crippen molar-refractivity contribution in [1.29, 1.82) is 0 Å². The largest absolute Gasteiger partial charge is 0.376 e. The van der Waals surface area contributed by atoms with Gasteiger partial charge in [0.15, 0.2) is 0 Å². The van der Waals surface area contributed by atoms with Crippen LogP contribution >= 0.6 is 0 Å². The molecule has 1 aliphatic carbocycles. The van der Waals surface area contributed by atoms with Gasteiger partial charge in [0.25, 0.3) is 0 Å². The van der Waals surface area contributed by atoms with Crippen LogP contribution in [0.4, 0.5) is 0 Å². The van der Waals surface area contributed by atoms with Crippen molar-refractivity contribution in [2.75, 3.05) is 13.2 Å². The summed E-state index contributed by atoms with van der Waals surface area (Å²) in [5.41, 5.74) is 0. The maximum absolute atomic E-state index is 5.95. The van der Waals surface area contributed by atoms with E-state index in [-0.39, 0.29) is 0 Å². The highest BCUT2D eigenvalue weighted by molar-refractivity contribution is 4.71. The second-order valence-electron chi connectivity index (χ2n) is 5.20. The lowest BCUT2D eigenvalue weighted by Crippen LogP contribution is -2.29. The Morgan fingerprint density at radius 2 is 1.87 bits per heavy atom. The first-order chi connectivity index (χ1) is 7.34. The van der Waals surface area contributed by atoms with E-state index in [9.17, 15) is 0 Å². The summed E-state index contributed by atoms with van der Waals surface area (Å²) < 4.78 is 11.6. The molecule has 1 saturated carbocycles. The van der Waals surface area contributed by atoms with Gasteiger partial charge >= 0.3 is 0 Å². The van der Waals surface area contributed by atoms with Crippen LogP contribution in [0.1, 0.15) is 51.9 Å². The molecule has 2 rings (SSSR count). The van der Waals surface area contributed by atoms with E-state index in [4.69, 9.17) is 9.47 Å². The minimum atomic E-state index is 0.387. The summed E-state index contributed by atoms with van der Waals surface area (Å²) in [6.45, 7) is 4.12. The molecule has 15 heavy (non-hydrogen) atoms. The molecular formula is C13H24O2. The Morgan fingerprint density at radius 1 is 1.07 bits per heavy atom. The average molecular weight is 212 g/mol. The van der Waals surface area contributed by atoms with Gasteiger partial charge in [-0.3, -0.25) is 0 Å². The molecule has 0 spiro atoms. The summed E-state index contributed by atoms with van der Waals surface area (Å²) in [4.78, 5) is 0. The third-order valence-electron chi connectivity index (χ3n) is 3.75. The van der Waals surface area contributed by atoms with Gasteiger partial charge in [-0.25, -0.2) is 0 Å². The molecule has 2 fully saturated rings. The van der Waals surface area contributed by atoms with E-state index in [0.717, 1.165) is 19.1 Å². The van der Waals surface area contributed by atoms with Gasteiger partial charge < -0.3 is 9.47 Å². The Bertz CT molecular complexity index is 167. The smallest absolute Gasteiger partial charge is 0.0808 e.